The molecule has 1 aromatic carbocycles. The molecule has 0 radical (unpaired) electrons. The summed E-state index contributed by atoms with van der Waals surface area (Å²) in [5.74, 6) is -0.212. The molecule has 0 aliphatic rings. The highest BCUT2D eigenvalue weighted by Crippen LogP contribution is 2.24. The first-order valence-electron chi connectivity index (χ1n) is 5.78. The van der Waals surface area contributed by atoms with Crippen molar-refractivity contribution in [2.75, 3.05) is 14.1 Å². The van der Waals surface area contributed by atoms with Crippen molar-refractivity contribution in [2.24, 2.45) is 12.8 Å². The van der Waals surface area contributed by atoms with E-state index in [4.69, 9.17) is 5.73 Å². The van der Waals surface area contributed by atoms with Crippen LogP contribution in [0.15, 0.2) is 30.5 Å². The van der Waals surface area contributed by atoms with Crippen LogP contribution in [0.25, 0.3) is 10.9 Å². The van der Waals surface area contributed by atoms with Gasteiger partial charge >= 0.3 is 0 Å². The fourth-order valence-corrected chi connectivity index (χ4v) is 2.05. The fourth-order valence-electron chi connectivity index (χ4n) is 2.05. The first-order chi connectivity index (χ1) is 8.50. The quantitative estimate of drug-likeness (QED) is 0.786. The number of hydrazine groups is 1. The Bertz CT molecular complexity index is 573. The number of rotatable bonds is 3. The number of fused-ring (bicyclic) bond motifs is 1. The van der Waals surface area contributed by atoms with Crippen LogP contribution in [0.1, 0.15) is 11.6 Å². The van der Waals surface area contributed by atoms with Gasteiger partial charge in [-0.25, -0.2) is 5.01 Å². The van der Waals surface area contributed by atoms with Crippen LogP contribution in [0.5, 0.6) is 0 Å². The average molecular weight is 246 g/mol. The Morgan fingerprint density at radius 3 is 2.72 bits per heavy atom. The zero-order valence-corrected chi connectivity index (χ0v) is 10.8. The van der Waals surface area contributed by atoms with E-state index in [1.165, 1.54) is 0 Å². The van der Waals surface area contributed by atoms with E-state index < -0.39 is 6.04 Å². The maximum absolute atomic E-state index is 11.9. The Morgan fingerprint density at radius 2 is 2.06 bits per heavy atom. The number of nitrogens with one attached hydrogen (secondary N) is 1. The van der Waals surface area contributed by atoms with Crippen molar-refractivity contribution < 1.29 is 4.79 Å². The van der Waals surface area contributed by atoms with E-state index in [2.05, 4.69) is 5.43 Å². The number of carbonyl (C=O) groups is 1. The molecule has 5 heteroatoms. The molecule has 1 heterocycles. The zero-order chi connectivity index (χ0) is 13.3. The van der Waals surface area contributed by atoms with Gasteiger partial charge in [-0.15, -0.1) is 0 Å². The molecule has 0 aliphatic heterocycles. The van der Waals surface area contributed by atoms with Crippen LogP contribution < -0.4 is 11.2 Å². The SMILES string of the molecule is CN(C)NC(=O)C(N)c1cn(C)c2ccccc12. The summed E-state index contributed by atoms with van der Waals surface area (Å²) < 4.78 is 1.98. The van der Waals surface area contributed by atoms with Gasteiger partial charge in [0.2, 0.25) is 0 Å². The summed E-state index contributed by atoms with van der Waals surface area (Å²) in [6.45, 7) is 0. The minimum absolute atomic E-state index is 0.212. The van der Waals surface area contributed by atoms with E-state index >= 15 is 0 Å². The van der Waals surface area contributed by atoms with Crippen molar-refractivity contribution in [2.45, 2.75) is 6.04 Å². The predicted octanol–water partition coefficient (Wildman–Crippen LogP) is 0.771. The van der Waals surface area contributed by atoms with Gasteiger partial charge in [0.15, 0.2) is 0 Å². The van der Waals surface area contributed by atoms with Crippen LogP contribution in [0.4, 0.5) is 0 Å². The third kappa shape index (κ3) is 2.23. The molecule has 0 saturated carbocycles. The summed E-state index contributed by atoms with van der Waals surface area (Å²) in [6, 6.07) is 7.24. The number of aryl methyl sites for hydroxylation is 1. The highest BCUT2D eigenvalue weighted by atomic mass is 16.2. The summed E-state index contributed by atoms with van der Waals surface area (Å²) in [5, 5.41) is 2.61. The van der Waals surface area contributed by atoms with Crippen molar-refractivity contribution in [1.82, 2.24) is 15.0 Å². The molecule has 1 atom stereocenters. The Labute approximate surface area is 106 Å². The molecule has 0 spiro atoms. The number of aromatic nitrogens is 1. The molecule has 0 bridgehead atoms. The van der Waals surface area contributed by atoms with E-state index in [1.54, 1.807) is 19.1 Å². The fraction of sp³-hybridized carbons (Fsp3) is 0.308. The monoisotopic (exact) mass is 246 g/mol. The van der Waals surface area contributed by atoms with E-state index in [0.29, 0.717) is 0 Å². The summed E-state index contributed by atoms with van der Waals surface area (Å²) >= 11 is 0. The molecule has 2 rings (SSSR count). The van der Waals surface area contributed by atoms with Gasteiger partial charge in [0.1, 0.15) is 6.04 Å². The zero-order valence-electron chi connectivity index (χ0n) is 10.8. The minimum Gasteiger partial charge on any atom is -0.350 e. The van der Waals surface area contributed by atoms with E-state index in [1.807, 2.05) is 42.1 Å². The molecule has 1 unspecified atom stereocenters. The molecule has 1 aromatic heterocycles. The Kier molecular flexibility index (Phi) is 3.36. The highest BCUT2D eigenvalue weighted by Gasteiger charge is 2.20. The Hall–Kier alpha value is -1.85. The summed E-state index contributed by atoms with van der Waals surface area (Å²) in [4.78, 5) is 11.9. The largest absolute Gasteiger partial charge is 0.350 e. The van der Waals surface area contributed by atoms with Crippen LogP contribution in [-0.4, -0.2) is 29.6 Å². The first kappa shape index (κ1) is 12.6. The lowest BCUT2D eigenvalue weighted by Gasteiger charge is -2.16. The number of amides is 1. The van der Waals surface area contributed by atoms with Gasteiger partial charge < -0.3 is 10.3 Å². The summed E-state index contributed by atoms with van der Waals surface area (Å²) in [6.07, 6.45) is 1.91. The second kappa shape index (κ2) is 4.80. The number of benzene rings is 1. The smallest absolute Gasteiger partial charge is 0.255 e. The second-order valence-electron chi connectivity index (χ2n) is 4.56. The normalized spacial score (nSPS) is 12.9. The van der Waals surface area contributed by atoms with Gasteiger partial charge in [0.25, 0.3) is 5.91 Å². The first-order valence-corrected chi connectivity index (χ1v) is 5.78. The molecule has 2 aromatic rings. The van der Waals surface area contributed by atoms with Gasteiger partial charge in [-0.2, -0.15) is 0 Å². The van der Waals surface area contributed by atoms with Crippen LogP contribution >= 0.6 is 0 Å². The Morgan fingerprint density at radius 1 is 1.39 bits per heavy atom. The molecule has 0 saturated heterocycles. The van der Waals surface area contributed by atoms with Crippen molar-refractivity contribution in [3.63, 3.8) is 0 Å². The molecular weight excluding hydrogens is 228 g/mol. The molecular formula is C13H18N4O. The maximum atomic E-state index is 11.9. The van der Waals surface area contributed by atoms with E-state index in [0.717, 1.165) is 16.5 Å². The number of nitrogens with zero attached hydrogens (tertiary/aromatic N) is 2. The molecule has 1 amide bonds. The lowest BCUT2D eigenvalue weighted by atomic mass is 10.1. The summed E-state index contributed by atoms with van der Waals surface area (Å²) in [7, 11) is 5.46. The maximum Gasteiger partial charge on any atom is 0.255 e. The third-order valence-electron chi connectivity index (χ3n) is 2.88. The van der Waals surface area contributed by atoms with Crippen LogP contribution in [0, 0.1) is 0 Å². The van der Waals surface area contributed by atoms with Crippen LogP contribution in [0.3, 0.4) is 0 Å². The highest BCUT2D eigenvalue weighted by molar-refractivity contribution is 5.91. The number of hydrogen-bond donors (Lipinski definition) is 2. The molecule has 18 heavy (non-hydrogen) atoms. The molecule has 3 N–H and O–H groups in total. The number of nitrogens with two attached hydrogens (primary N) is 1. The van der Waals surface area contributed by atoms with E-state index in [9.17, 15) is 4.79 Å². The second-order valence-corrected chi connectivity index (χ2v) is 4.56. The van der Waals surface area contributed by atoms with Crippen LogP contribution in [0.2, 0.25) is 0 Å². The number of hydrogen-bond acceptors (Lipinski definition) is 3. The van der Waals surface area contributed by atoms with Crippen molar-refractivity contribution in [3.8, 4) is 0 Å². The van der Waals surface area contributed by atoms with Crippen molar-refractivity contribution in [1.29, 1.82) is 0 Å². The molecule has 96 valence electrons. The van der Waals surface area contributed by atoms with Gasteiger partial charge in [-0.1, -0.05) is 18.2 Å². The standard InChI is InChI=1S/C13H18N4O/c1-16(2)15-13(18)12(14)10-8-17(3)11-7-5-4-6-9(10)11/h4-8,12H,14H2,1-3H3,(H,15,18). The molecule has 5 nitrogen and oxygen atoms in total. The van der Waals surface area contributed by atoms with Crippen molar-refractivity contribution in [3.05, 3.63) is 36.0 Å². The molecule has 0 fully saturated rings. The number of para-hydroxylation sites is 1. The molecule has 0 aliphatic carbocycles. The third-order valence-corrected chi connectivity index (χ3v) is 2.88. The lowest BCUT2D eigenvalue weighted by Crippen LogP contribution is -2.41. The minimum atomic E-state index is -0.668. The van der Waals surface area contributed by atoms with Gasteiger partial charge in [0.05, 0.1) is 0 Å². The van der Waals surface area contributed by atoms with E-state index in [-0.39, 0.29) is 5.91 Å². The number of carbonyl (C=O) groups excluding carboxylic acids is 1. The topological polar surface area (TPSA) is 63.3 Å². The van der Waals surface area contributed by atoms with Crippen LogP contribution in [-0.2, 0) is 11.8 Å². The average Bonchev–Trinajstić information content (AvgIpc) is 2.66. The van der Waals surface area contributed by atoms with Gasteiger partial charge in [-0.3, -0.25) is 10.2 Å². The lowest BCUT2D eigenvalue weighted by molar-refractivity contribution is -0.126. The Balaban J connectivity index is 2.39. The van der Waals surface area contributed by atoms with Gasteiger partial charge in [0, 0.05) is 43.8 Å². The van der Waals surface area contributed by atoms with Gasteiger partial charge in [-0.05, 0) is 6.07 Å². The van der Waals surface area contributed by atoms with Crippen molar-refractivity contribution >= 4 is 16.8 Å². The summed E-state index contributed by atoms with van der Waals surface area (Å²) in [5.41, 5.74) is 10.6. The predicted molar refractivity (Wildman–Crippen MR) is 71.7 cm³/mol.